The van der Waals surface area contributed by atoms with Gasteiger partial charge in [0.1, 0.15) is 41.0 Å². The van der Waals surface area contributed by atoms with Gasteiger partial charge in [0.25, 0.3) is 11.8 Å². The zero-order valence-electron chi connectivity index (χ0n) is 34.4. The zero-order chi connectivity index (χ0) is 42.8. The molecular formula is C42H53N5O11. The summed E-state index contributed by atoms with van der Waals surface area (Å²) in [7, 11) is 0. The standard InChI is InChI=1S/C42H53N5O11/c1-40(2,3)55-37(51)32(58-47-35(49)29-14-10-11-15-30(29)36(47)50)25-54-28-20-17-26(18-21-28)27-19-22-33(44-24-27)46-34(48)31(45-39(53)57-42(7,8)9)16-12-13-23-43-38(52)56-41(4,5)6/h10-11,14-15,17-22,24,31-32H,12-13,16,23,25H2,1-9H3,(H,43,52)(H,45,53)(H,44,46,48)/t31-,32-/m0/s1. The number of ether oxygens (including phenoxy) is 4. The first-order valence-corrected chi connectivity index (χ1v) is 18.9. The molecule has 0 bridgehead atoms. The van der Waals surface area contributed by atoms with Crippen molar-refractivity contribution >= 4 is 41.7 Å². The molecule has 0 fully saturated rings. The van der Waals surface area contributed by atoms with Gasteiger partial charge in [0.2, 0.25) is 12.0 Å². The molecule has 16 heteroatoms. The van der Waals surface area contributed by atoms with Gasteiger partial charge >= 0.3 is 18.2 Å². The van der Waals surface area contributed by atoms with E-state index in [-0.39, 0.29) is 30.0 Å². The summed E-state index contributed by atoms with van der Waals surface area (Å²) >= 11 is 0. The van der Waals surface area contributed by atoms with Gasteiger partial charge in [0, 0.05) is 18.3 Å². The molecule has 1 aliphatic heterocycles. The number of hydrogen-bond donors (Lipinski definition) is 3. The summed E-state index contributed by atoms with van der Waals surface area (Å²) in [4.78, 5) is 86.8. The van der Waals surface area contributed by atoms with E-state index in [1.54, 1.807) is 117 Å². The van der Waals surface area contributed by atoms with Crippen molar-refractivity contribution < 1.29 is 52.6 Å². The lowest BCUT2D eigenvalue weighted by Gasteiger charge is -2.26. The molecule has 0 aliphatic carbocycles. The van der Waals surface area contributed by atoms with E-state index in [4.69, 9.17) is 23.8 Å². The first kappa shape index (κ1) is 44.7. The number of unbranched alkanes of at least 4 members (excludes halogenated alkanes) is 1. The second kappa shape index (κ2) is 18.9. The molecule has 1 aromatic heterocycles. The number of pyridine rings is 1. The van der Waals surface area contributed by atoms with Crippen LogP contribution in [0, 0.1) is 0 Å². The van der Waals surface area contributed by atoms with Gasteiger partial charge in [-0.1, -0.05) is 24.3 Å². The molecule has 2 aromatic carbocycles. The minimum absolute atomic E-state index is 0.162. The van der Waals surface area contributed by atoms with Gasteiger partial charge in [0.15, 0.2) is 0 Å². The summed E-state index contributed by atoms with van der Waals surface area (Å²) in [5.74, 6) is -2.09. The molecule has 0 saturated carbocycles. The highest BCUT2D eigenvalue weighted by Gasteiger charge is 2.40. The molecule has 0 spiro atoms. The van der Waals surface area contributed by atoms with E-state index >= 15 is 0 Å². The summed E-state index contributed by atoms with van der Waals surface area (Å²) in [5.41, 5.74) is -0.480. The Hall–Kier alpha value is -6.03. The Morgan fingerprint density at radius 1 is 0.707 bits per heavy atom. The minimum Gasteiger partial charge on any atom is -0.490 e. The van der Waals surface area contributed by atoms with E-state index in [0.29, 0.717) is 35.8 Å². The Morgan fingerprint density at radius 3 is 1.83 bits per heavy atom. The molecule has 3 N–H and O–H groups in total. The molecule has 58 heavy (non-hydrogen) atoms. The molecule has 5 amide bonds. The molecule has 0 saturated heterocycles. The number of esters is 1. The van der Waals surface area contributed by atoms with Crippen LogP contribution in [-0.2, 0) is 28.6 Å². The van der Waals surface area contributed by atoms with Gasteiger partial charge in [-0.3, -0.25) is 14.4 Å². The summed E-state index contributed by atoms with van der Waals surface area (Å²) in [6.45, 7) is 15.5. The van der Waals surface area contributed by atoms with Crippen molar-refractivity contribution in [1.29, 1.82) is 0 Å². The number of anilines is 1. The fourth-order valence-electron chi connectivity index (χ4n) is 5.36. The average Bonchev–Trinajstić information content (AvgIpc) is 3.35. The number of nitrogens with zero attached hydrogens (tertiary/aromatic N) is 2. The van der Waals surface area contributed by atoms with Crippen LogP contribution >= 0.6 is 0 Å². The van der Waals surface area contributed by atoms with Crippen LogP contribution in [0.25, 0.3) is 11.1 Å². The molecule has 312 valence electrons. The summed E-state index contributed by atoms with van der Waals surface area (Å²) in [5, 5.41) is 8.61. The topological polar surface area (TPSA) is 201 Å². The SMILES string of the molecule is CC(C)(C)OC(=O)NCCCC[C@H](NC(=O)OC(C)(C)C)C(=O)Nc1ccc(-c2ccc(OC[C@H](ON3C(=O)c4ccccc4C3=O)C(=O)OC(C)(C)C)cc2)cn1. The largest absolute Gasteiger partial charge is 0.490 e. The van der Waals surface area contributed by atoms with Crippen LogP contribution in [0.15, 0.2) is 66.9 Å². The van der Waals surface area contributed by atoms with Gasteiger partial charge < -0.3 is 34.9 Å². The van der Waals surface area contributed by atoms with Crippen LogP contribution in [0.5, 0.6) is 5.75 Å². The number of fused-ring (bicyclic) bond motifs is 1. The number of alkyl carbamates (subject to hydrolysis) is 2. The van der Waals surface area contributed by atoms with Crippen molar-refractivity contribution in [3.8, 4) is 16.9 Å². The van der Waals surface area contributed by atoms with E-state index < -0.39 is 64.8 Å². The highest BCUT2D eigenvalue weighted by atomic mass is 16.7. The van der Waals surface area contributed by atoms with Crippen LogP contribution in [0.2, 0.25) is 0 Å². The van der Waals surface area contributed by atoms with Crippen LogP contribution in [0.4, 0.5) is 15.4 Å². The minimum atomic E-state index is -1.45. The predicted octanol–water partition coefficient (Wildman–Crippen LogP) is 6.59. The molecule has 2 atom stereocenters. The van der Waals surface area contributed by atoms with Crippen LogP contribution in [0.3, 0.4) is 0 Å². The third-order valence-corrected chi connectivity index (χ3v) is 7.86. The van der Waals surface area contributed by atoms with Gasteiger partial charge in [-0.15, -0.1) is 5.06 Å². The molecule has 3 aromatic rings. The molecule has 16 nitrogen and oxygen atoms in total. The summed E-state index contributed by atoms with van der Waals surface area (Å²) < 4.78 is 22.0. The smallest absolute Gasteiger partial charge is 0.408 e. The molecule has 0 radical (unpaired) electrons. The number of imide groups is 1. The number of nitrogens with one attached hydrogen (secondary N) is 3. The lowest BCUT2D eigenvalue weighted by Crippen LogP contribution is -2.46. The monoisotopic (exact) mass is 803 g/mol. The first-order valence-electron chi connectivity index (χ1n) is 18.9. The van der Waals surface area contributed by atoms with Crippen LogP contribution in [-0.4, -0.2) is 88.0 Å². The number of amides is 5. The maximum Gasteiger partial charge on any atom is 0.408 e. The Morgan fingerprint density at radius 2 is 1.28 bits per heavy atom. The third kappa shape index (κ3) is 13.9. The van der Waals surface area contributed by atoms with Crippen molar-refractivity contribution in [2.24, 2.45) is 0 Å². The molecule has 1 aliphatic rings. The van der Waals surface area contributed by atoms with Gasteiger partial charge in [-0.2, -0.15) is 0 Å². The molecular weight excluding hydrogens is 750 g/mol. The van der Waals surface area contributed by atoms with Crippen molar-refractivity contribution in [2.75, 3.05) is 18.5 Å². The van der Waals surface area contributed by atoms with E-state index in [9.17, 15) is 28.8 Å². The van der Waals surface area contributed by atoms with Crippen molar-refractivity contribution in [3.63, 3.8) is 0 Å². The summed E-state index contributed by atoms with van der Waals surface area (Å²) in [6, 6.07) is 15.5. The number of carbonyl (C=O) groups is 6. The Bertz CT molecular complexity index is 1910. The van der Waals surface area contributed by atoms with Crippen molar-refractivity contribution in [1.82, 2.24) is 20.7 Å². The van der Waals surface area contributed by atoms with Crippen LogP contribution in [0.1, 0.15) is 102 Å². The quantitative estimate of drug-likeness (QED) is 0.0645. The average molecular weight is 804 g/mol. The lowest BCUT2D eigenvalue weighted by molar-refractivity contribution is -0.193. The highest BCUT2D eigenvalue weighted by molar-refractivity contribution is 6.20. The third-order valence-electron chi connectivity index (χ3n) is 7.86. The molecule has 4 rings (SSSR count). The first-order chi connectivity index (χ1) is 27.1. The second-order valence-corrected chi connectivity index (χ2v) is 16.5. The number of hydroxylamine groups is 2. The van der Waals surface area contributed by atoms with Gasteiger partial charge in [-0.05, 0) is 124 Å². The molecule has 2 heterocycles. The van der Waals surface area contributed by atoms with E-state index in [1.807, 2.05) is 0 Å². The fraction of sp³-hybridized carbons (Fsp3) is 0.452. The number of rotatable bonds is 15. The van der Waals surface area contributed by atoms with Crippen LogP contribution < -0.4 is 20.7 Å². The predicted molar refractivity (Wildman–Crippen MR) is 213 cm³/mol. The Kier molecular flexibility index (Phi) is 14.6. The maximum absolute atomic E-state index is 13.3. The zero-order valence-corrected chi connectivity index (χ0v) is 34.4. The normalized spacial score (nSPS) is 13.8. The van der Waals surface area contributed by atoms with Gasteiger partial charge in [-0.25, -0.2) is 24.2 Å². The van der Waals surface area contributed by atoms with Crippen molar-refractivity contribution in [2.45, 2.75) is 111 Å². The summed E-state index contributed by atoms with van der Waals surface area (Å²) in [6.07, 6.45) is 0.130. The lowest BCUT2D eigenvalue weighted by atomic mass is 10.1. The second-order valence-electron chi connectivity index (χ2n) is 16.5. The Labute approximate surface area is 338 Å². The van der Waals surface area contributed by atoms with Gasteiger partial charge in [0.05, 0.1) is 11.1 Å². The Balaban J connectivity index is 1.36. The van der Waals surface area contributed by atoms with E-state index in [2.05, 4.69) is 20.9 Å². The highest BCUT2D eigenvalue weighted by Crippen LogP contribution is 2.26. The number of aromatic nitrogens is 1. The maximum atomic E-state index is 13.3. The van der Waals surface area contributed by atoms with E-state index in [1.165, 1.54) is 12.1 Å². The number of hydrogen-bond acceptors (Lipinski definition) is 12. The number of carbonyl (C=O) groups excluding carboxylic acids is 6. The van der Waals surface area contributed by atoms with E-state index in [0.717, 1.165) is 5.56 Å². The fourth-order valence-corrected chi connectivity index (χ4v) is 5.36. The molecule has 0 unspecified atom stereocenters. The number of benzene rings is 2. The van der Waals surface area contributed by atoms with Crippen molar-refractivity contribution in [3.05, 3.63) is 78.0 Å².